The zero-order valence-electron chi connectivity index (χ0n) is 20.1. The minimum absolute atomic E-state index is 0.102. The molecule has 4 atom stereocenters. The number of H-pyrrole nitrogens is 1. The molecule has 10 nitrogen and oxygen atoms in total. The number of thioether (sulfide) groups is 1. The van der Waals surface area contributed by atoms with Crippen LogP contribution in [0.5, 0.6) is 0 Å². The van der Waals surface area contributed by atoms with Gasteiger partial charge in [-0.05, 0) is 49.4 Å². The first-order valence-corrected chi connectivity index (χ1v) is 13.9. The molecule has 1 aliphatic rings. The van der Waals surface area contributed by atoms with Gasteiger partial charge in [-0.2, -0.15) is 24.4 Å². The predicted molar refractivity (Wildman–Crippen MR) is 143 cm³/mol. The highest BCUT2D eigenvalue weighted by Crippen LogP contribution is 2.19. The van der Waals surface area contributed by atoms with Crippen LogP contribution >= 0.6 is 24.4 Å². The summed E-state index contributed by atoms with van der Waals surface area (Å²) < 4.78 is 0. The van der Waals surface area contributed by atoms with Gasteiger partial charge in [-0.25, -0.2) is 4.79 Å². The number of amides is 3. The van der Waals surface area contributed by atoms with E-state index in [2.05, 4.69) is 38.9 Å². The summed E-state index contributed by atoms with van der Waals surface area (Å²) in [6.07, 6.45) is 5.79. The zero-order valence-corrected chi connectivity index (χ0v) is 21.8. The number of thiol groups is 1. The summed E-state index contributed by atoms with van der Waals surface area (Å²) in [5.74, 6) is -2.06. The third-order valence-electron chi connectivity index (χ3n) is 6.15. The summed E-state index contributed by atoms with van der Waals surface area (Å²) >= 11 is 5.56. The van der Waals surface area contributed by atoms with Crippen molar-refractivity contribution < 1.29 is 24.3 Å². The number of para-hydroxylation sites is 1. The lowest BCUT2D eigenvalue weighted by molar-refractivity contribution is -0.141. The van der Waals surface area contributed by atoms with Crippen LogP contribution in [0, 0.1) is 0 Å². The van der Waals surface area contributed by atoms with Crippen LogP contribution in [0.25, 0.3) is 10.9 Å². The second-order valence-electron chi connectivity index (χ2n) is 8.70. The minimum Gasteiger partial charge on any atom is -0.480 e. The molecule has 0 bridgehead atoms. The van der Waals surface area contributed by atoms with E-state index >= 15 is 0 Å². The van der Waals surface area contributed by atoms with E-state index in [1.807, 2.05) is 30.5 Å². The van der Waals surface area contributed by atoms with Gasteiger partial charge in [-0.15, -0.1) is 0 Å². The van der Waals surface area contributed by atoms with Crippen LogP contribution in [0.4, 0.5) is 0 Å². The molecule has 2 heterocycles. The van der Waals surface area contributed by atoms with Gasteiger partial charge in [0, 0.05) is 29.3 Å². The Morgan fingerprint density at radius 1 is 1.11 bits per heavy atom. The summed E-state index contributed by atoms with van der Waals surface area (Å²) in [5.41, 5.74) is 1.68. The lowest BCUT2D eigenvalue weighted by Gasteiger charge is -2.25. The number of carboxylic acid groups (broad SMARTS) is 1. The molecule has 6 N–H and O–H groups in total. The van der Waals surface area contributed by atoms with Gasteiger partial charge in [0.05, 0.1) is 6.04 Å². The molecule has 4 unspecified atom stereocenters. The maximum absolute atomic E-state index is 13.3. The average Bonchev–Trinajstić information content (AvgIpc) is 3.55. The molecule has 0 spiro atoms. The standard InChI is InChI=1S/C24H33N5O5S2/c1-36-10-8-18(27-21(30)17-7-4-9-25-17)22(31)28-19(23(32)29-20(13-35)24(33)34)11-14-12-26-16-6-3-2-5-15(14)16/h2-3,5-6,12,17-20,25-26,35H,4,7-11,13H2,1H3,(H,27,30)(H,28,31)(H,29,32)(H,33,34). The molecule has 1 aromatic heterocycles. The summed E-state index contributed by atoms with van der Waals surface area (Å²) in [7, 11) is 0. The van der Waals surface area contributed by atoms with Gasteiger partial charge in [-0.1, -0.05) is 18.2 Å². The number of carboxylic acids is 1. The number of hydrogen-bond donors (Lipinski definition) is 7. The van der Waals surface area contributed by atoms with Gasteiger partial charge in [0.25, 0.3) is 0 Å². The Morgan fingerprint density at radius 3 is 2.50 bits per heavy atom. The largest absolute Gasteiger partial charge is 0.480 e. The monoisotopic (exact) mass is 535 g/mol. The number of aromatic nitrogens is 1. The second kappa shape index (κ2) is 13.6. The average molecular weight is 536 g/mol. The van der Waals surface area contributed by atoms with Crippen molar-refractivity contribution in [2.75, 3.05) is 24.3 Å². The highest BCUT2D eigenvalue weighted by molar-refractivity contribution is 7.98. The fourth-order valence-electron chi connectivity index (χ4n) is 4.14. The predicted octanol–water partition coefficient (Wildman–Crippen LogP) is 0.684. The lowest BCUT2D eigenvalue weighted by Crippen LogP contribution is -2.57. The Kier molecular flexibility index (Phi) is 10.5. The summed E-state index contributed by atoms with van der Waals surface area (Å²) in [6, 6.07) is 4.13. The van der Waals surface area contributed by atoms with Crippen molar-refractivity contribution >= 4 is 59.0 Å². The van der Waals surface area contributed by atoms with Crippen LogP contribution in [0.3, 0.4) is 0 Å². The fraction of sp³-hybridized carbons (Fsp3) is 0.500. The van der Waals surface area contributed by atoms with Crippen molar-refractivity contribution in [3.05, 3.63) is 36.0 Å². The molecule has 0 saturated carbocycles. The quantitative estimate of drug-likeness (QED) is 0.186. The van der Waals surface area contributed by atoms with E-state index in [9.17, 15) is 24.3 Å². The van der Waals surface area contributed by atoms with Crippen molar-refractivity contribution in [2.45, 2.75) is 49.9 Å². The molecule has 0 radical (unpaired) electrons. The number of benzene rings is 1. The SMILES string of the molecule is CSCCC(NC(=O)C1CCCN1)C(=O)NC(Cc1c[nH]c2ccccc12)C(=O)NC(CS)C(=O)O. The smallest absolute Gasteiger partial charge is 0.327 e. The maximum Gasteiger partial charge on any atom is 0.327 e. The highest BCUT2D eigenvalue weighted by atomic mass is 32.2. The molecule has 3 amide bonds. The van der Waals surface area contributed by atoms with E-state index in [1.165, 1.54) is 0 Å². The van der Waals surface area contributed by atoms with Gasteiger partial charge in [0.15, 0.2) is 0 Å². The van der Waals surface area contributed by atoms with Crippen molar-refractivity contribution in [1.82, 2.24) is 26.3 Å². The fourth-order valence-corrected chi connectivity index (χ4v) is 4.86. The molecule has 1 aliphatic heterocycles. The first kappa shape index (κ1) is 27.9. The zero-order chi connectivity index (χ0) is 26.1. The second-order valence-corrected chi connectivity index (χ2v) is 10.0. The lowest BCUT2D eigenvalue weighted by atomic mass is 10.0. The van der Waals surface area contributed by atoms with E-state index in [0.29, 0.717) is 18.6 Å². The number of rotatable bonds is 13. The Balaban J connectivity index is 1.80. The van der Waals surface area contributed by atoms with Crippen molar-refractivity contribution in [2.24, 2.45) is 0 Å². The van der Waals surface area contributed by atoms with Gasteiger partial charge in [-0.3, -0.25) is 14.4 Å². The normalized spacial score (nSPS) is 17.8. The number of aliphatic carboxylic acids is 1. The van der Waals surface area contributed by atoms with Crippen LogP contribution in [-0.2, 0) is 25.6 Å². The van der Waals surface area contributed by atoms with E-state index in [0.717, 1.165) is 29.4 Å². The first-order valence-electron chi connectivity index (χ1n) is 11.9. The van der Waals surface area contributed by atoms with Crippen LogP contribution < -0.4 is 21.3 Å². The summed E-state index contributed by atoms with van der Waals surface area (Å²) in [6.45, 7) is 0.752. The van der Waals surface area contributed by atoms with Gasteiger partial charge in [0.1, 0.15) is 18.1 Å². The van der Waals surface area contributed by atoms with Gasteiger partial charge in [0.2, 0.25) is 17.7 Å². The van der Waals surface area contributed by atoms with E-state index in [-0.39, 0.29) is 24.1 Å². The summed E-state index contributed by atoms with van der Waals surface area (Å²) in [5, 5.41) is 21.4. The topological polar surface area (TPSA) is 152 Å². The first-order chi connectivity index (χ1) is 17.3. The third kappa shape index (κ3) is 7.40. The summed E-state index contributed by atoms with van der Waals surface area (Å²) in [4.78, 5) is 53.8. The number of nitrogens with one attached hydrogen (secondary N) is 5. The van der Waals surface area contributed by atoms with Gasteiger partial charge >= 0.3 is 5.97 Å². The molecule has 196 valence electrons. The Hall–Kier alpha value is -2.70. The molecule has 2 aromatic rings. The number of aromatic amines is 1. The Morgan fingerprint density at radius 2 is 1.83 bits per heavy atom. The number of carbonyl (C=O) groups excluding carboxylic acids is 3. The van der Waals surface area contributed by atoms with Crippen LogP contribution in [0.1, 0.15) is 24.8 Å². The van der Waals surface area contributed by atoms with Crippen molar-refractivity contribution in [3.63, 3.8) is 0 Å². The number of carbonyl (C=O) groups is 4. The minimum atomic E-state index is -1.22. The van der Waals surface area contributed by atoms with Crippen molar-refractivity contribution in [3.8, 4) is 0 Å². The van der Waals surface area contributed by atoms with E-state index < -0.39 is 35.9 Å². The maximum atomic E-state index is 13.3. The molecule has 36 heavy (non-hydrogen) atoms. The van der Waals surface area contributed by atoms with E-state index in [1.54, 1.807) is 18.0 Å². The van der Waals surface area contributed by atoms with Gasteiger partial charge < -0.3 is 31.4 Å². The molecule has 12 heteroatoms. The van der Waals surface area contributed by atoms with Crippen molar-refractivity contribution in [1.29, 1.82) is 0 Å². The third-order valence-corrected chi connectivity index (χ3v) is 7.16. The molecule has 1 saturated heterocycles. The Labute approximate surface area is 219 Å². The van der Waals surface area contributed by atoms with Crippen LogP contribution in [0.2, 0.25) is 0 Å². The molecular weight excluding hydrogens is 502 g/mol. The van der Waals surface area contributed by atoms with Crippen LogP contribution in [-0.4, -0.2) is 82.3 Å². The molecule has 0 aliphatic carbocycles. The molecule has 1 aromatic carbocycles. The number of hydrogen-bond acceptors (Lipinski definition) is 7. The molecular formula is C24H33N5O5S2. The molecule has 3 rings (SSSR count). The van der Waals surface area contributed by atoms with E-state index in [4.69, 9.17) is 0 Å². The Bertz CT molecular complexity index is 1070. The number of fused-ring (bicyclic) bond motifs is 1. The highest BCUT2D eigenvalue weighted by Gasteiger charge is 2.31. The van der Waals surface area contributed by atoms with Crippen LogP contribution in [0.15, 0.2) is 30.5 Å². The molecule has 1 fully saturated rings.